The maximum atomic E-state index is 6.81. The van der Waals surface area contributed by atoms with Crippen molar-refractivity contribution in [1.29, 1.82) is 0 Å². The Labute approximate surface area is 304 Å². The van der Waals surface area contributed by atoms with Crippen molar-refractivity contribution < 1.29 is 13.6 Å². The smallest absolute Gasteiger partial charge is 0.137 e. The van der Waals surface area contributed by atoms with E-state index in [9.17, 15) is 0 Å². The molecule has 0 N–H and O–H groups in total. The molecule has 0 saturated carbocycles. The van der Waals surface area contributed by atoms with Crippen LogP contribution in [0.2, 0.25) is 0 Å². The summed E-state index contributed by atoms with van der Waals surface area (Å²) in [5.41, 5.74) is 13.2. The lowest BCUT2D eigenvalue weighted by Gasteiger charge is -2.40. The number of hydrogen-bond donors (Lipinski definition) is 0. The van der Waals surface area contributed by atoms with Gasteiger partial charge in [0.2, 0.25) is 0 Å². The lowest BCUT2D eigenvalue weighted by atomic mass is 9.66. The Bertz CT molecular complexity index is 3080. The number of ether oxygens (including phenoxy) is 1. The Kier molecular flexibility index (Phi) is 5.67. The topological polar surface area (TPSA) is 38.8 Å². The summed E-state index contributed by atoms with van der Waals surface area (Å²) < 4.78 is 19.6. The van der Waals surface area contributed by atoms with Crippen LogP contribution in [0.15, 0.2) is 185 Å². The SMILES string of the molecule is c1ccc2c(c1)Oc1ccc(N(c3ccc4oc5ccccc5c4c3)c3cccc4oc5ccccc5c34)cc1C21c2ccccc2-c2ccccc21. The van der Waals surface area contributed by atoms with E-state index in [4.69, 9.17) is 13.6 Å². The Hall–Kier alpha value is -7.04. The van der Waals surface area contributed by atoms with Gasteiger partial charge >= 0.3 is 0 Å². The van der Waals surface area contributed by atoms with Gasteiger partial charge in [0.15, 0.2) is 0 Å². The fraction of sp³-hybridized carbons (Fsp3) is 0.0204. The average molecular weight is 680 g/mol. The third-order valence-corrected chi connectivity index (χ3v) is 11.3. The zero-order valence-electron chi connectivity index (χ0n) is 28.4. The largest absolute Gasteiger partial charge is 0.457 e. The van der Waals surface area contributed by atoms with E-state index < -0.39 is 5.41 Å². The Morgan fingerprint density at radius 1 is 0.377 bits per heavy atom. The second kappa shape index (κ2) is 10.5. The van der Waals surface area contributed by atoms with E-state index in [1.54, 1.807) is 0 Å². The monoisotopic (exact) mass is 679 g/mol. The lowest BCUT2D eigenvalue weighted by molar-refractivity contribution is 0.436. The molecule has 0 amide bonds. The van der Waals surface area contributed by atoms with Crippen molar-refractivity contribution in [3.8, 4) is 22.6 Å². The summed E-state index contributed by atoms with van der Waals surface area (Å²) in [5.74, 6) is 1.73. The maximum Gasteiger partial charge on any atom is 0.137 e. The molecule has 8 aromatic carbocycles. The summed E-state index contributed by atoms with van der Waals surface area (Å²) >= 11 is 0. The average Bonchev–Trinajstić information content (AvgIpc) is 3.87. The number of nitrogens with zero attached hydrogens (tertiary/aromatic N) is 1. The minimum absolute atomic E-state index is 0.585. The van der Waals surface area contributed by atoms with Crippen LogP contribution in [0, 0.1) is 0 Å². The minimum atomic E-state index is -0.585. The van der Waals surface area contributed by atoms with Gasteiger partial charge in [0.05, 0.1) is 16.5 Å². The zero-order valence-corrected chi connectivity index (χ0v) is 28.4. The fourth-order valence-corrected chi connectivity index (χ4v) is 9.21. The molecule has 3 heterocycles. The van der Waals surface area contributed by atoms with Crippen LogP contribution in [-0.2, 0) is 5.41 Å². The Morgan fingerprint density at radius 2 is 0.943 bits per heavy atom. The molecule has 0 radical (unpaired) electrons. The van der Waals surface area contributed by atoms with Crippen LogP contribution in [0.3, 0.4) is 0 Å². The summed E-state index contributed by atoms with van der Waals surface area (Å²) in [5, 5.41) is 4.29. The highest BCUT2D eigenvalue weighted by Gasteiger charge is 2.51. The highest BCUT2D eigenvalue weighted by molar-refractivity contribution is 6.14. The van der Waals surface area contributed by atoms with Crippen LogP contribution in [0.1, 0.15) is 22.3 Å². The molecule has 248 valence electrons. The van der Waals surface area contributed by atoms with Gasteiger partial charge in [-0.2, -0.15) is 0 Å². The van der Waals surface area contributed by atoms with Crippen LogP contribution in [0.4, 0.5) is 17.1 Å². The number of fused-ring (bicyclic) bond motifs is 15. The van der Waals surface area contributed by atoms with E-state index >= 15 is 0 Å². The van der Waals surface area contributed by atoms with Crippen LogP contribution in [-0.4, -0.2) is 0 Å². The molecule has 0 unspecified atom stereocenters. The zero-order chi connectivity index (χ0) is 34.7. The van der Waals surface area contributed by atoms with E-state index in [1.807, 2.05) is 24.3 Å². The number of anilines is 3. The number of rotatable bonds is 3. The molecule has 0 bridgehead atoms. The molecule has 0 saturated heterocycles. The van der Waals surface area contributed by atoms with Gasteiger partial charge in [-0.1, -0.05) is 109 Å². The molecular weight excluding hydrogens is 651 g/mol. The second-order valence-electron chi connectivity index (χ2n) is 14.0. The van der Waals surface area contributed by atoms with Crippen molar-refractivity contribution in [3.63, 3.8) is 0 Å². The first-order chi connectivity index (χ1) is 26.3. The van der Waals surface area contributed by atoms with Crippen LogP contribution in [0.5, 0.6) is 11.5 Å². The first-order valence-corrected chi connectivity index (χ1v) is 18.0. The molecule has 1 spiro atoms. The summed E-state index contributed by atoms with van der Waals surface area (Å²) in [4.78, 5) is 2.37. The highest BCUT2D eigenvalue weighted by Crippen LogP contribution is 2.62. The molecule has 1 aliphatic heterocycles. The van der Waals surface area contributed by atoms with Crippen molar-refractivity contribution in [2.24, 2.45) is 0 Å². The quantitative estimate of drug-likeness (QED) is 0.186. The van der Waals surface area contributed by atoms with Crippen molar-refractivity contribution in [2.75, 3.05) is 4.90 Å². The third-order valence-electron chi connectivity index (χ3n) is 11.3. The van der Waals surface area contributed by atoms with Crippen molar-refractivity contribution in [2.45, 2.75) is 5.41 Å². The van der Waals surface area contributed by atoms with Gasteiger partial charge in [-0.3, -0.25) is 0 Å². The molecule has 53 heavy (non-hydrogen) atoms. The standard InChI is InChI=1S/C49H29NO3/c1-5-16-37-32(12-1)33-13-2-6-17-38(33)49(37)39-18-7-10-22-45(39)53-46-27-25-31(29-40(46)49)50(30-24-26-44-36(28-30)34-14-3-8-20-42(34)51-44)41-19-11-23-47-48(41)35-15-4-9-21-43(35)52-47/h1-29H. The van der Waals surface area contributed by atoms with Crippen molar-refractivity contribution in [3.05, 3.63) is 198 Å². The van der Waals surface area contributed by atoms with Gasteiger partial charge < -0.3 is 18.5 Å². The Balaban J connectivity index is 1.18. The van der Waals surface area contributed by atoms with Crippen molar-refractivity contribution in [1.82, 2.24) is 0 Å². The van der Waals surface area contributed by atoms with Gasteiger partial charge in [0, 0.05) is 38.7 Å². The van der Waals surface area contributed by atoms with E-state index in [0.717, 1.165) is 83.6 Å². The second-order valence-corrected chi connectivity index (χ2v) is 14.0. The molecule has 0 fully saturated rings. The summed E-state index contributed by atoms with van der Waals surface area (Å²) in [6, 6.07) is 62.3. The maximum absolute atomic E-state index is 6.81. The first kappa shape index (κ1) is 28.6. The molecule has 2 aliphatic rings. The molecule has 12 rings (SSSR count). The van der Waals surface area contributed by atoms with E-state index in [1.165, 1.54) is 22.3 Å². The first-order valence-electron chi connectivity index (χ1n) is 18.0. The lowest BCUT2D eigenvalue weighted by Crippen LogP contribution is -2.32. The molecule has 4 nitrogen and oxygen atoms in total. The van der Waals surface area contributed by atoms with Gasteiger partial charge in [-0.25, -0.2) is 0 Å². The van der Waals surface area contributed by atoms with E-state index in [-0.39, 0.29) is 0 Å². The van der Waals surface area contributed by atoms with Crippen LogP contribution in [0.25, 0.3) is 55.0 Å². The van der Waals surface area contributed by atoms with Gasteiger partial charge in [-0.05, 0) is 89.0 Å². The summed E-state index contributed by atoms with van der Waals surface area (Å²) in [7, 11) is 0. The van der Waals surface area contributed by atoms with Gasteiger partial charge in [-0.15, -0.1) is 0 Å². The van der Waals surface area contributed by atoms with Gasteiger partial charge in [0.25, 0.3) is 0 Å². The normalized spacial score (nSPS) is 13.6. The van der Waals surface area contributed by atoms with Crippen molar-refractivity contribution >= 4 is 60.9 Å². The molecule has 10 aromatic rings. The Morgan fingerprint density at radius 3 is 1.75 bits per heavy atom. The van der Waals surface area contributed by atoms with E-state index in [0.29, 0.717) is 0 Å². The molecule has 2 aromatic heterocycles. The molecule has 4 heteroatoms. The number of para-hydroxylation sites is 3. The van der Waals surface area contributed by atoms with Crippen LogP contribution >= 0.6 is 0 Å². The summed E-state index contributed by atoms with van der Waals surface area (Å²) in [6.07, 6.45) is 0. The summed E-state index contributed by atoms with van der Waals surface area (Å²) in [6.45, 7) is 0. The predicted octanol–water partition coefficient (Wildman–Crippen LogP) is 13.4. The predicted molar refractivity (Wildman–Crippen MR) is 213 cm³/mol. The number of benzene rings is 8. The number of hydrogen-bond acceptors (Lipinski definition) is 4. The van der Waals surface area contributed by atoms with E-state index in [2.05, 4.69) is 157 Å². The number of furan rings is 2. The molecule has 0 atom stereocenters. The fourth-order valence-electron chi connectivity index (χ4n) is 9.21. The third kappa shape index (κ3) is 3.79. The van der Waals surface area contributed by atoms with Gasteiger partial charge in [0.1, 0.15) is 33.8 Å². The highest BCUT2D eigenvalue weighted by atomic mass is 16.5. The minimum Gasteiger partial charge on any atom is -0.457 e. The molecule has 1 aliphatic carbocycles. The molecular formula is C49H29NO3. The van der Waals surface area contributed by atoms with Crippen LogP contribution < -0.4 is 9.64 Å².